The summed E-state index contributed by atoms with van der Waals surface area (Å²) in [5, 5.41) is 3.86. The van der Waals surface area contributed by atoms with Crippen LogP contribution in [0, 0.1) is 5.82 Å². The van der Waals surface area contributed by atoms with Gasteiger partial charge in [0, 0.05) is 17.8 Å². The summed E-state index contributed by atoms with van der Waals surface area (Å²) in [7, 11) is 0. The van der Waals surface area contributed by atoms with E-state index in [2.05, 4.69) is 10.3 Å². The van der Waals surface area contributed by atoms with Crippen LogP contribution in [0.4, 0.5) is 4.39 Å². The van der Waals surface area contributed by atoms with Crippen LogP contribution in [-0.4, -0.2) is 24.0 Å². The molecule has 1 aliphatic carbocycles. The molecule has 6 heteroatoms. The number of aromatic nitrogens is 1. The smallest absolute Gasteiger partial charge is 0.257 e. The first-order valence-electron chi connectivity index (χ1n) is 7.84. The molecule has 23 heavy (non-hydrogen) atoms. The number of amides is 1. The SMILES string of the molecule is O=C(COc1ccccc1F)NCCc1nc2c(s1)CCCC2. The fourth-order valence-corrected chi connectivity index (χ4v) is 3.73. The summed E-state index contributed by atoms with van der Waals surface area (Å²) in [5.41, 5.74) is 1.24. The number of hydrogen-bond donors (Lipinski definition) is 1. The number of nitrogens with one attached hydrogen (secondary N) is 1. The van der Waals surface area contributed by atoms with Crippen LogP contribution in [0.25, 0.3) is 0 Å². The Morgan fingerprint density at radius 2 is 2.13 bits per heavy atom. The Kier molecular flexibility index (Phi) is 5.23. The molecule has 4 nitrogen and oxygen atoms in total. The summed E-state index contributed by atoms with van der Waals surface area (Å²) in [5.74, 6) is -0.626. The van der Waals surface area contributed by atoms with E-state index in [0.29, 0.717) is 6.54 Å². The van der Waals surface area contributed by atoms with Crippen molar-refractivity contribution < 1.29 is 13.9 Å². The lowest BCUT2D eigenvalue weighted by Gasteiger charge is -2.07. The molecule has 2 aromatic rings. The summed E-state index contributed by atoms with van der Waals surface area (Å²) in [6.07, 6.45) is 5.41. The molecule has 3 rings (SSSR count). The molecule has 0 aliphatic heterocycles. The van der Waals surface area contributed by atoms with E-state index < -0.39 is 5.82 Å². The largest absolute Gasteiger partial charge is 0.481 e. The lowest BCUT2D eigenvalue weighted by Crippen LogP contribution is -2.30. The number of benzene rings is 1. The van der Waals surface area contributed by atoms with Gasteiger partial charge in [-0.2, -0.15) is 0 Å². The molecule has 0 saturated carbocycles. The molecule has 0 spiro atoms. The van der Waals surface area contributed by atoms with Gasteiger partial charge in [-0.3, -0.25) is 4.79 Å². The van der Waals surface area contributed by atoms with Crippen molar-refractivity contribution in [1.29, 1.82) is 0 Å². The van der Waals surface area contributed by atoms with Gasteiger partial charge in [-0.1, -0.05) is 12.1 Å². The van der Waals surface area contributed by atoms with Crippen molar-refractivity contribution >= 4 is 17.2 Å². The predicted molar refractivity (Wildman–Crippen MR) is 87.4 cm³/mol. The van der Waals surface area contributed by atoms with Crippen LogP contribution < -0.4 is 10.1 Å². The van der Waals surface area contributed by atoms with E-state index >= 15 is 0 Å². The topological polar surface area (TPSA) is 51.2 Å². The van der Waals surface area contributed by atoms with Gasteiger partial charge in [0.1, 0.15) is 0 Å². The number of aryl methyl sites for hydroxylation is 2. The molecule has 122 valence electrons. The maximum atomic E-state index is 13.4. The van der Waals surface area contributed by atoms with Crippen LogP contribution in [0.2, 0.25) is 0 Å². The highest BCUT2D eigenvalue weighted by atomic mass is 32.1. The number of halogens is 1. The van der Waals surface area contributed by atoms with Crippen molar-refractivity contribution in [1.82, 2.24) is 10.3 Å². The third kappa shape index (κ3) is 4.28. The maximum Gasteiger partial charge on any atom is 0.257 e. The van der Waals surface area contributed by atoms with Crippen LogP contribution in [0.3, 0.4) is 0 Å². The highest BCUT2D eigenvalue weighted by molar-refractivity contribution is 7.11. The molecule has 0 atom stereocenters. The van der Waals surface area contributed by atoms with Gasteiger partial charge in [-0.15, -0.1) is 11.3 Å². The van der Waals surface area contributed by atoms with Gasteiger partial charge in [-0.05, 0) is 37.8 Å². The Balaban J connectivity index is 1.41. The number of hydrogen-bond acceptors (Lipinski definition) is 4. The van der Waals surface area contributed by atoms with E-state index in [-0.39, 0.29) is 18.3 Å². The normalized spacial score (nSPS) is 13.4. The first-order chi connectivity index (χ1) is 11.2. The van der Waals surface area contributed by atoms with Gasteiger partial charge >= 0.3 is 0 Å². The Labute approximate surface area is 138 Å². The number of thiazole rings is 1. The second kappa shape index (κ2) is 7.55. The Morgan fingerprint density at radius 1 is 1.30 bits per heavy atom. The molecule has 1 amide bonds. The number of rotatable bonds is 6. The number of carbonyl (C=O) groups excluding carboxylic acids is 1. The van der Waals surface area contributed by atoms with Crippen molar-refractivity contribution in [2.24, 2.45) is 0 Å². The van der Waals surface area contributed by atoms with Crippen molar-refractivity contribution in [3.8, 4) is 5.75 Å². The summed E-state index contributed by atoms with van der Waals surface area (Å²) < 4.78 is 18.5. The lowest BCUT2D eigenvalue weighted by atomic mass is 10.0. The molecular formula is C17H19FN2O2S. The van der Waals surface area contributed by atoms with Crippen molar-refractivity contribution in [3.63, 3.8) is 0 Å². The van der Waals surface area contributed by atoms with Gasteiger partial charge in [0.05, 0.1) is 10.7 Å². The zero-order chi connectivity index (χ0) is 16.1. The summed E-state index contributed by atoms with van der Waals surface area (Å²) >= 11 is 1.76. The summed E-state index contributed by atoms with van der Waals surface area (Å²) in [6.45, 7) is 0.334. The molecule has 1 aliphatic rings. The minimum absolute atomic E-state index is 0.0928. The van der Waals surface area contributed by atoms with Crippen LogP contribution in [0.1, 0.15) is 28.4 Å². The molecule has 1 aromatic carbocycles. The quantitative estimate of drug-likeness (QED) is 0.884. The van der Waals surface area contributed by atoms with Crippen molar-refractivity contribution in [3.05, 3.63) is 45.7 Å². The van der Waals surface area contributed by atoms with E-state index in [9.17, 15) is 9.18 Å². The fourth-order valence-electron chi connectivity index (χ4n) is 2.58. The van der Waals surface area contributed by atoms with Gasteiger partial charge < -0.3 is 10.1 Å². The predicted octanol–water partition coefficient (Wildman–Crippen LogP) is 2.90. The summed E-state index contributed by atoms with van der Waals surface area (Å²) in [4.78, 5) is 17.8. The number of carbonyl (C=O) groups is 1. The second-order valence-corrected chi connectivity index (χ2v) is 6.67. The number of ether oxygens (including phenoxy) is 1. The molecular weight excluding hydrogens is 315 g/mol. The molecule has 1 N–H and O–H groups in total. The molecule has 0 saturated heterocycles. The molecule has 0 unspecified atom stereocenters. The van der Waals surface area contributed by atoms with Crippen LogP contribution in [-0.2, 0) is 24.1 Å². The van der Waals surface area contributed by atoms with Crippen molar-refractivity contribution in [2.45, 2.75) is 32.1 Å². The van der Waals surface area contributed by atoms with Gasteiger partial charge in [0.15, 0.2) is 18.2 Å². The highest BCUT2D eigenvalue weighted by Crippen LogP contribution is 2.26. The van der Waals surface area contributed by atoms with Crippen LogP contribution in [0.5, 0.6) is 5.75 Å². The van der Waals surface area contributed by atoms with E-state index in [1.165, 1.54) is 35.5 Å². The molecule has 0 bridgehead atoms. The van der Waals surface area contributed by atoms with E-state index in [1.54, 1.807) is 23.5 Å². The Bertz CT molecular complexity index is 663. The number of para-hydroxylation sites is 1. The number of fused-ring (bicyclic) bond motifs is 1. The van der Waals surface area contributed by atoms with Gasteiger partial charge in [-0.25, -0.2) is 9.37 Å². The van der Waals surface area contributed by atoms with Crippen LogP contribution >= 0.6 is 11.3 Å². The number of nitrogens with zero attached hydrogens (tertiary/aromatic N) is 1. The fraction of sp³-hybridized carbons (Fsp3) is 0.412. The zero-order valence-electron chi connectivity index (χ0n) is 12.8. The van der Waals surface area contributed by atoms with E-state index in [4.69, 9.17) is 4.74 Å². The summed E-state index contributed by atoms with van der Waals surface area (Å²) in [6, 6.07) is 6.05. The first-order valence-corrected chi connectivity index (χ1v) is 8.65. The minimum atomic E-state index is -0.464. The average Bonchev–Trinajstić information content (AvgIpc) is 2.97. The molecule has 0 fully saturated rings. The van der Waals surface area contributed by atoms with Gasteiger partial charge in [0.25, 0.3) is 5.91 Å². The third-order valence-electron chi connectivity index (χ3n) is 3.75. The highest BCUT2D eigenvalue weighted by Gasteiger charge is 2.15. The van der Waals surface area contributed by atoms with Crippen molar-refractivity contribution in [2.75, 3.05) is 13.2 Å². The Hall–Kier alpha value is -1.95. The van der Waals surface area contributed by atoms with E-state index in [1.807, 2.05) is 0 Å². The third-order valence-corrected chi connectivity index (χ3v) is 4.96. The zero-order valence-corrected chi connectivity index (χ0v) is 13.6. The monoisotopic (exact) mass is 334 g/mol. The first kappa shape index (κ1) is 15.9. The van der Waals surface area contributed by atoms with E-state index in [0.717, 1.165) is 24.3 Å². The van der Waals surface area contributed by atoms with Crippen LogP contribution in [0.15, 0.2) is 24.3 Å². The van der Waals surface area contributed by atoms with Gasteiger partial charge in [0.2, 0.25) is 0 Å². The maximum absolute atomic E-state index is 13.4. The standard InChI is InChI=1S/C17H19FN2O2S/c18-12-5-1-3-7-14(12)22-11-16(21)19-10-9-17-20-13-6-2-4-8-15(13)23-17/h1,3,5,7H,2,4,6,8-11H2,(H,19,21). The molecule has 0 radical (unpaired) electrons. The molecule has 1 heterocycles. The minimum Gasteiger partial charge on any atom is -0.481 e. The second-order valence-electron chi connectivity index (χ2n) is 5.50. The molecule has 1 aromatic heterocycles. The lowest BCUT2D eigenvalue weighted by molar-refractivity contribution is -0.123. The average molecular weight is 334 g/mol. The Morgan fingerprint density at radius 3 is 2.96 bits per heavy atom.